The van der Waals surface area contributed by atoms with Gasteiger partial charge in [0, 0.05) is 18.6 Å². The summed E-state index contributed by atoms with van der Waals surface area (Å²) in [5.41, 5.74) is 8.93. The van der Waals surface area contributed by atoms with Gasteiger partial charge in [-0.1, -0.05) is 6.07 Å². The minimum atomic E-state index is 0.411. The van der Waals surface area contributed by atoms with E-state index in [1.54, 1.807) is 0 Å². The van der Waals surface area contributed by atoms with Gasteiger partial charge in [0.2, 0.25) is 0 Å². The number of nitrogens with one attached hydrogen (secondary N) is 1. The minimum Gasteiger partial charge on any atom is -0.443 e. The molecule has 0 spiro atoms. The lowest BCUT2D eigenvalue weighted by atomic mass is 9.92. The van der Waals surface area contributed by atoms with Gasteiger partial charge in [-0.2, -0.15) is 0 Å². The molecule has 0 amide bonds. The van der Waals surface area contributed by atoms with Gasteiger partial charge in [-0.3, -0.25) is 0 Å². The van der Waals surface area contributed by atoms with Crippen LogP contribution in [0.3, 0.4) is 0 Å². The van der Waals surface area contributed by atoms with E-state index in [9.17, 15) is 0 Å². The van der Waals surface area contributed by atoms with Crippen LogP contribution in [0, 0.1) is 0 Å². The van der Waals surface area contributed by atoms with Crippen molar-refractivity contribution >= 4 is 11.1 Å². The van der Waals surface area contributed by atoms with Crippen LogP contribution >= 0.6 is 0 Å². The molecule has 1 aromatic carbocycles. The van der Waals surface area contributed by atoms with Gasteiger partial charge in [0.1, 0.15) is 5.52 Å². The number of benzene rings is 1. The Morgan fingerprint density at radius 3 is 2.94 bits per heavy atom. The lowest BCUT2D eigenvalue weighted by Gasteiger charge is -2.26. The number of nitrogens with zero attached hydrogens (tertiary/aromatic N) is 1. The standard InChI is InChI=1S/C14H19N3O/c15-11-2-4-12(5-3-11)16-8-10-1-6-13-14(7-10)18-9-17-13/h1,6-7,9,11-12,16H,2-5,8,15H2. The maximum atomic E-state index is 5.91. The average molecular weight is 245 g/mol. The molecule has 3 rings (SSSR count). The number of oxazole rings is 1. The number of hydrogen-bond donors (Lipinski definition) is 2. The molecule has 0 saturated heterocycles. The van der Waals surface area contributed by atoms with Crippen LogP contribution in [0.25, 0.3) is 11.1 Å². The third kappa shape index (κ3) is 2.54. The Balaban J connectivity index is 1.59. The lowest BCUT2D eigenvalue weighted by molar-refractivity contribution is 0.342. The Kier molecular flexibility index (Phi) is 3.30. The third-order valence-electron chi connectivity index (χ3n) is 3.76. The fourth-order valence-corrected chi connectivity index (χ4v) is 2.59. The smallest absolute Gasteiger partial charge is 0.181 e. The van der Waals surface area contributed by atoms with E-state index < -0.39 is 0 Å². The zero-order valence-electron chi connectivity index (χ0n) is 10.4. The van der Waals surface area contributed by atoms with Crippen molar-refractivity contribution < 1.29 is 4.42 Å². The zero-order chi connectivity index (χ0) is 12.4. The quantitative estimate of drug-likeness (QED) is 0.870. The first-order chi connectivity index (χ1) is 8.81. The fourth-order valence-electron chi connectivity index (χ4n) is 2.59. The molecule has 4 heteroatoms. The molecule has 18 heavy (non-hydrogen) atoms. The van der Waals surface area contributed by atoms with Crippen molar-refractivity contribution in [3.05, 3.63) is 30.2 Å². The highest BCUT2D eigenvalue weighted by atomic mass is 16.3. The van der Waals surface area contributed by atoms with E-state index in [4.69, 9.17) is 10.2 Å². The van der Waals surface area contributed by atoms with Gasteiger partial charge in [-0.25, -0.2) is 4.98 Å². The van der Waals surface area contributed by atoms with Crippen molar-refractivity contribution in [2.24, 2.45) is 5.73 Å². The minimum absolute atomic E-state index is 0.411. The highest BCUT2D eigenvalue weighted by Gasteiger charge is 2.17. The molecule has 1 saturated carbocycles. The fraction of sp³-hybridized carbons (Fsp3) is 0.500. The van der Waals surface area contributed by atoms with E-state index >= 15 is 0 Å². The first-order valence-corrected chi connectivity index (χ1v) is 6.62. The third-order valence-corrected chi connectivity index (χ3v) is 3.76. The van der Waals surface area contributed by atoms with E-state index in [0.717, 1.165) is 30.5 Å². The van der Waals surface area contributed by atoms with Crippen molar-refractivity contribution in [3.63, 3.8) is 0 Å². The summed E-state index contributed by atoms with van der Waals surface area (Å²) >= 11 is 0. The second-order valence-corrected chi connectivity index (χ2v) is 5.15. The van der Waals surface area contributed by atoms with Gasteiger partial charge in [0.05, 0.1) is 0 Å². The first kappa shape index (κ1) is 11.7. The Morgan fingerprint density at radius 2 is 2.11 bits per heavy atom. The number of hydrogen-bond acceptors (Lipinski definition) is 4. The average Bonchev–Trinajstić information content (AvgIpc) is 2.85. The van der Waals surface area contributed by atoms with Crippen LogP contribution in [0.4, 0.5) is 0 Å². The molecule has 3 N–H and O–H groups in total. The Labute approximate surface area is 107 Å². The van der Waals surface area contributed by atoms with Crippen LogP contribution in [-0.2, 0) is 6.54 Å². The highest BCUT2D eigenvalue weighted by molar-refractivity contribution is 5.72. The van der Waals surface area contributed by atoms with E-state index in [1.807, 2.05) is 6.07 Å². The van der Waals surface area contributed by atoms with Gasteiger partial charge < -0.3 is 15.5 Å². The van der Waals surface area contributed by atoms with E-state index in [-0.39, 0.29) is 0 Å². The summed E-state index contributed by atoms with van der Waals surface area (Å²) < 4.78 is 5.31. The van der Waals surface area contributed by atoms with Crippen LogP contribution in [-0.4, -0.2) is 17.1 Å². The molecule has 0 bridgehead atoms. The predicted molar refractivity (Wildman–Crippen MR) is 71.1 cm³/mol. The number of fused-ring (bicyclic) bond motifs is 1. The molecule has 0 unspecified atom stereocenters. The maximum absolute atomic E-state index is 5.91. The number of aromatic nitrogens is 1. The van der Waals surface area contributed by atoms with Crippen molar-refractivity contribution in [2.75, 3.05) is 0 Å². The lowest BCUT2D eigenvalue weighted by Crippen LogP contribution is -2.36. The normalized spacial score (nSPS) is 24.5. The molecule has 0 atom stereocenters. The first-order valence-electron chi connectivity index (χ1n) is 6.62. The van der Waals surface area contributed by atoms with Crippen LogP contribution in [0.15, 0.2) is 29.0 Å². The molecule has 1 fully saturated rings. The molecule has 0 aliphatic heterocycles. The van der Waals surface area contributed by atoms with Crippen LogP contribution < -0.4 is 11.1 Å². The van der Waals surface area contributed by atoms with Crippen molar-refractivity contribution in [1.29, 1.82) is 0 Å². The molecule has 1 heterocycles. The monoisotopic (exact) mass is 245 g/mol. The Bertz CT molecular complexity index is 514. The molecule has 2 aromatic rings. The van der Waals surface area contributed by atoms with Crippen molar-refractivity contribution in [3.8, 4) is 0 Å². The van der Waals surface area contributed by atoms with Crippen LogP contribution in [0.1, 0.15) is 31.2 Å². The van der Waals surface area contributed by atoms with E-state index in [0.29, 0.717) is 12.1 Å². The molecular weight excluding hydrogens is 226 g/mol. The summed E-state index contributed by atoms with van der Waals surface area (Å²) in [6.45, 7) is 0.885. The van der Waals surface area contributed by atoms with Crippen molar-refractivity contribution in [2.45, 2.75) is 44.3 Å². The number of rotatable bonds is 3. The summed E-state index contributed by atoms with van der Waals surface area (Å²) in [5, 5.41) is 3.60. The summed E-state index contributed by atoms with van der Waals surface area (Å²) in [6, 6.07) is 7.19. The summed E-state index contributed by atoms with van der Waals surface area (Å²) in [7, 11) is 0. The number of nitrogens with two attached hydrogens (primary N) is 1. The van der Waals surface area contributed by atoms with Gasteiger partial charge >= 0.3 is 0 Å². The Hall–Kier alpha value is -1.39. The highest BCUT2D eigenvalue weighted by Crippen LogP contribution is 2.18. The molecule has 96 valence electrons. The van der Waals surface area contributed by atoms with Crippen LogP contribution in [0.5, 0.6) is 0 Å². The van der Waals surface area contributed by atoms with Gasteiger partial charge in [0.25, 0.3) is 0 Å². The Morgan fingerprint density at radius 1 is 1.28 bits per heavy atom. The summed E-state index contributed by atoms with van der Waals surface area (Å²) in [4.78, 5) is 4.12. The zero-order valence-corrected chi connectivity index (χ0v) is 10.4. The van der Waals surface area contributed by atoms with E-state index in [2.05, 4.69) is 22.4 Å². The molecule has 1 aliphatic carbocycles. The van der Waals surface area contributed by atoms with Crippen LogP contribution in [0.2, 0.25) is 0 Å². The van der Waals surface area contributed by atoms with Crippen molar-refractivity contribution in [1.82, 2.24) is 10.3 Å². The SMILES string of the molecule is NC1CCC(NCc2ccc3ncoc3c2)CC1. The summed E-state index contributed by atoms with van der Waals surface area (Å²) in [6.07, 6.45) is 6.14. The molecular formula is C14H19N3O. The second kappa shape index (κ2) is 5.08. The second-order valence-electron chi connectivity index (χ2n) is 5.15. The molecule has 1 aliphatic rings. The molecule has 4 nitrogen and oxygen atoms in total. The van der Waals surface area contributed by atoms with Gasteiger partial charge in [-0.05, 0) is 43.4 Å². The maximum Gasteiger partial charge on any atom is 0.181 e. The molecule has 0 radical (unpaired) electrons. The van der Waals surface area contributed by atoms with Gasteiger partial charge in [-0.15, -0.1) is 0 Å². The predicted octanol–water partition coefficient (Wildman–Crippen LogP) is 2.19. The summed E-state index contributed by atoms with van der Waals surface area (Å²) in [5.74, 6) is 0. The molecule has 1 aromatic heterocycles. The van der Waals surface area contributed by atoms with Gasteiger partial charge in [0.15, 0.2) is 12.0 Å². The topological polar surface area (TPSA) is 64.1 Å². The largest absolute Gasteiger partial charge is 0.443 e. The van der Waals surface area contributed by atoms with E-state index in [1.165, 1.54) is 24.8 Å².